The van der Waals surface area contributed by atoms with Crippen LogP contribution in [0.1, 0.15) is 12.8 Å². The van der Waals surface area contributed by atoms with Crippen molar-refractivity contribution in [2.75, 3.05) is 20.2 Å². The average molecular weight is 274 g/mol. The number of hydrogen-bond acceptors (Lipinski definition) is 5. The minimum Gasteiger partial charge on any atom is -0.394 e. The van der Waals surface area contributed by atoms with Crippen LogP contribution >= 0.6 is 0 Å². The van der Waals surface area contributed by atoms with Gasteiger partial charge in [-0.2, -0.15) is 0 Å². The number of rotatable bonds is 9. The summed E-state index contributed by atoms with van der Waals surface area (Å²) in [6.45, 7) is 0.0319. The largest absolute Gasteiger partial charge is 0.394 e. The van der Waals surface area contributed by atoms with Gasteiger partial charge in [-0.15, -0.1) is 0 Å². The van der Waals surface area contributed by atoms with Crippen LogP contribution in [-0.4, -0.2) is 55.2 Å². The summed E-state index contributed by atoms with van der Waals surface area (Å²) in [7, 11) is 1.52. The fourth-order valence-electron chi connectivity index (χ4n) is 1.39. The molecule has 0 saturated heterocycles. The molecule has 0 rings (SSSR count). The van der Waals surface area contributed by atoms with Gasteiger partial charge < -0.3 is 32.5 Å². The van der Waals surface area contributed by atoms with Gasteiger partial charge in [-0.1, -0.05) is 0 Å². The second kappa shape index (κ2) is 9.11. The van der Waals surface area contributed by atoms with Gasteiger partial charge in [-0.25, -0.2) is 0 Å². The number of aliphatic hydroxyl groups is 1. The molecule has 110 valence electrons. The number of carbonyl (C=O) groups is 2. The third kappa shape index (κ3) is 7.21. The van der Waals surface area contributed by atoms with E-state index >= 15 is 0 Å². The summed E-state index contributed by atoms with van der Waals surface area (Å²) in [6.07, 6.45) is 0.833. The van der Waals surface area contributed by atoms with Gasteiger partial charge in [-0.05, 0) is 19.9 Å². The van der Waals surface area contributed by atoms with Crippen LogP contribution in [0.5, 0.6) is 0 Å². The second-order valence-corrected chi connectivity index (χ2v) is 3.97. The van der Waals surface area contributed by atoms with Crippen LogP contribution in [0, 0.1) is 5.41 Å². The molecule has 0 heterocycles. The highest BCUT2D eigenvalue weighted by Gasteiger charge is 2.22. The highest BCUT2D eigenvalue weighted by Crippen LogP contribution is 1.97. The first-order valence-corrected chi connectivity index (χ1v) is 5.88. The number of aliphatic hydroxyl groups excluding tert-OH is 1. The van der Waals surface area contributed by atoms with E-state index in [4.69, 9.17) is 22.0 Å². The molecule has 0 aromatic rings. The van der Waals surface area contributed by atoms with E-state index in [2.05, 4.69) is 16.0 Å². The van der Waals surface area contributed by atoms with Crippen LogP contribution in [-0.2, 0) is 9.59 Å². The van der Waals surface area contributed by atoms with E-state index in [9.17, 15) is 9.59 Å². The van der Waals surface area contributed by atoms with Gasteiger partial charge in [0.15, 0.2) is 5.96 Å². The van der Waals surface area contributed by atoms with Crippen LogP contribution < -0.4 is 27.4 Å². The topological polar surface area (TPSA) is 166 Å². The molecule has 19 heavy (non-hydrogen) atoms. The predicted octanol–water partition coefficient (Wildman–Crippen LogP) is -3.20. The molecule has 9 N–H and O–H groups in total. The van der Waals surface area contributed by atoms with Gasteiger partial charge in [0.1, 0.15) is 12.1 Å². The number of nitrogens with one attached hydrogen (secondary N) is 4. The van der Waals surface area contributed by atoms with Crippen LogP contribution in [0.3, 0.4) is 0 Å². The minimum atomic E-state index is -0.816. The van der Waals surface area contributed by atoms with Crippen molar-refractivity contribution >= 4 is 17.8 Å². The monoisotopic (exact) mass is 274 g/mol. The number of amides is 2. The lowest BCUT2D eigenvalue weighted by atomic mass is 10.1. The van der Waals surface area contributed by atoms with Gasteiger partial charge >= 0.3 is 0 Å². The summed E-state index contributed by atoms with van der Waals surface area (Å²) < 4.78 is 0. The first-order chi connectivity index (χ1) is 8.92. The highest BCUT2D eigenvalue weighted by atomic mass is 16.3. The summed E-state index contributed by atoms with van der Waals surface area (Å²) in [5.74, 6) is -1.30. The van der Waals surface area contributed by atoms with Gasteiger partial charge in [0.05, 0.1) is 6.61 Å². The molecule has 9 heteroatoms. The Bertz CT molecular complexity index is 318. The van der Waals surface area contributed by atoms with Crippen molar-refractivity contribution in [3.05, 3.63) is 0 Å². The minimum absolute atomic E-state index is 0.157. The lowest BCUT2D eigenvalue weighted by Gasteiger charge is -2.19. The molecule has 0 aromatic heterocycles. The van der Waals surface area contributed by atoms with Crippen LogP contribution in [0.4, 0.5) is 0 Å². The molecule has 0 spiro atoms. The fourth-order valence-corrected chi connectivity index (χ4v) is 1.39. The number of carbonyl (C=O) groups excluding carboxylic acids is 2. The molecule has 0 saturated carbocycles. The third-order valence-electron chi connectivity index (χ3n) is 2.49. The van der Waals surface area contributed by atoms with Crippen LogP contribution in [0.15, 0.2) is 0 Å². The molecule has 0 bridgehead atoms. The van der Waals surface area contributed by atoms with Gasteiger partial charge in [0, 0.05) is 6.54 Å². The fraction of sp³-hybridized carbons (Fsp3) is 0.700. The molecule has 0 aliphatic carbocycles. The van der Waals surface area contributed by atoms with E-state index in [0.29, 0.717) is 19.4 Å². The number of likely N-dealkylation sites (N-methyl/N-ethyl adjacent to an activating group) is 1. The number of guanidine groups is 1. The molecule has 2 atom stereocenters. The third-order valence-corrected chi connectivity index (χ3v) is 2.49. The molecule has 0 aromatic carbocycles. The molecule has 0 radical (unpaired) electrons. The predicted molar refractivity (Wildman–Crippen MR) is 70.2 cm³/mol. The highest BCUT2D eigenvalue weighted by molar-refractivity contribution is 5.89. The maximum atomic E-state index is 11.6. The Morgan fingerprint density at radius 2 is 1.95 bits per heavy atom. The Labute approximate surface area is 111 Å². The van der Waals surface area contributed by atoms with Gasteiger partial charge in [0.2, 0.25) is 11.8 Å². The summed E-state index contributed by atoms with van der Waals surface area (Å²) in [4.78, 5) is 22.8. The number of primary amides is 1. The molecular weight excluding hydrogens is 252 g/mol. The number of hydrogen-bond donors (Lipinski definition) is 7. The van der Waals surface area contributed by atoms with Crippen molar-refractivity contribution in [2.45, 2.75) is 24.9 Å². The van der Waals surface area contributed by atoms with Crippen LogP contribution in [0.2, 0.25) is 0 Å². The van der Waals surface area contributed by atoms with E-state index < -0.39 is 23.9 Å². The van der Waals surface area contributed by atoms with Gasteiger partial charge in [0.25, 0.3) is 0 Å². The van der Waals surface area contributed by atoms with Crippen molar-refractivity contribution in [3.8, 4) is 0 Å². The average Bonchev–Trinajstić information content (AvgIpc) is 2.33. The molecule has 9 nitrogen and oxygen atoms in total. The second-order valence-electron chi connectivity index (χ2n) is 3.97. The molecule has 0 aliphatic rings. The Morgan fingerprint density at radius 1 is 1.32 bits per heavy atom. The lowest BCUT2D eigenvalue weighted by molar-refractivity contribution is -0.129. The van der Waals surface area contributed by atoms with E-state index in [1.54, 1.807) is 0 Å². The quantitative estimate of drug-likeness (QED) is 0.133. The Hall–Kier alpha value is -1.87. The van der Waals surface area contributed by atoms with Crippen molar-refractivity contribution in [1.29, 1.82) is 5.41 Å². The maximum absolute atomic E-state index is 11.6. The standard InChI is InChI=1S/C10H22N6O3/c1-14-7(5-17)9(19)16-6(8(11)18)3-2-4-15-10(12)13/h6-7,14,17H,2-5H2,1H3,(H2,11,18)(H,16,19)(H4,12,13,15)/t6?,7-/m0/s1. The molecule has 0 aliphatic heterocycles. The summed E-state index contributed by atoms with van der Waals surface area (Å²) in [6, 6.07) is -1.60. The smallest absolute Gasteiger partial charge is 0.240 e. The van der Waals surface area contributed by atoms with Crippen molar-refractivity contribution in [2.24, 2.45) is 11.5 Å². The Kier molecular flexibility index (Phi) is 8.22. The molecule has 2 amide bonds. The first kappa shape index (κ1) is 17.1. The summed E-state index contributed by atoms with van der Waals surface area (Å²) >= 11 is 0. The van der Waals surface area contributed by atoms with Crippen molar-refractivity contribution in [3.63, 3.8) is 0 Å². The normalized spacial score (nSPS) is 13.4. The maximum Gasteiger partial charge on any atom is 0.240 e. The summed E-state index contributed by atoms with van der Waals surface area (Å²) in [5, 5.41) is 23.5. The number of nitrogens with two attached hydrogens (primary N) is 2. The molecular formula is C10H22N6O3. The Balaban J connectivity index is 4.22. The van der Waals surface area contributed by atoms with E-state index in [1.165, 1.54) is 7.05 Å². The van der Waals surface area contributed by atoms with E-state index in [0.717, 1.165) is 0 Å². The molecule has 1 unspecified atom stereocenters. The molecule has 0 fully saturated rings. The zero-order valence-corrected chi connectivity index (χ0v) is 10.9. The van der Waals surface area contributed by atoms with E-state index in [1.807, 2.05) is 0 Å². The first-order valence-electron chi connectivity index (χ1n) is 5.88. The Morgan fingerprint density at radius 3 is 2.37 bits per heavy atom. The summed E-state index contributed by atoms with van der Waals surface area (Å²) in [5.41, 5.74) is 10.3. The van der Waals surface area contributed by atoms with Crippen molar-refractivity contribution in [1.82, 2.24) is 16.0 Å². The van der Waals surface area contributed by atoms with Gasteiger partial charge in [-0.3, -0.25) is 15.0 Å². The SMILES string of the molecule is CN[C@@H](CO)C(=O)NC(CCCNC(=N)N)C(N)=O. The zero-order valence-electron chi connectivity index (χ0n) is 10.9. The lowest BCUT2D eigenvalue weighted by Crippen LogP contribution is -2.52. The zero-order chi connectivity index (χ0) is 14.8. The van der Waals surface area contributed by atoms with E-state index in [-0.39, 0.29) is 12.6 Å². The van der Waals surface area contributed by atoms with Crippen LogP contribution in [0.25, 0.3) is 0 Å². The van der Waals surface area contributed by atoms with Crippen molar-refractivity contribution < 1.29 is 14.7 Å².